The van der Waals surface area contributed by atoms with Crippen molar-refractivity contribution < 1.29 is 4.79 Å². The van der Waals surface area contributed by atoms with E-state index in [0.717, 1.165) is 17.8 Å². The number of anilines is 1. The van der Waals surface area contributed by atoms with Gasteiger partial charge < -0.3 is 4.98 Å². The Bertz CT molecular complexity index is 921. The molecule has 3 aromatic rings. The standard InChI is InChI=1S/C15H15N5O2S2/c1-2-5-12-19-20-15(24-12)17-11(21)8-23-14-16-10-7-4-3-6-9(10)13(22)18-14/h3-4,6-7H,2,5,8H2,1H3,(H,16,18,22)(H,17,20,21). The molecule has 0 radical (unpaired) electrons. The fraction of sp³-hybridized carbons (Fsp3) is 0.267. The fourth-order valence-electron chi connectivity index (χ4n) is 2.04. The maximum atomic E-state index is 12.0. The summed E-state index contributed by atoms with van der Waals surface area (Å²) in [4.78, 5) is 31.0. The summed E-state index contributed by atoms with van der Waals surface area (Å²) in [6.07, 6.45) is 1.84. The molecule has 124 valence electrons. The zero-order valence-corrected chi connectivity index (χ0v) is 14.5. The van der Waals surface area contributed by atoms with Crippen molar-refractivity contribution in [3.8, 4) is 0 Å². The molecule has 7 nitrogen and oxygen atoms in total. The first-order valence-corrected chi connectivity index (χ1v) is 9.20. The van der Waals surface area contributed by atoms with Crippen LogP contribution in [-0.4, -0.2) is 31.8 Å². The van der Waals surface area contributed by atoms with Crippen molar-refractivity contribution in [2.24, 2.45) is 0 Å². The quantitative estimate of drug-likeness (QED) is 0.517. The molecule has 0 fully saturated rings. The number of hydrogen-bond acceptors (Lipinski definition) is 7. The zero-order valence-electron chi connectivity index (χ0n) is 12.9. The van der Waals surface area contributed by atoms with Crippen LogP contribution >= 0.6 is 23.1 Å². The summed E-state index contributed by atoms with van der Waals surface area (Å²) in [6.45, 7) is 2.06. The first kappa shape index (κ1) is 16.6. The number of para-hydroxylation sites is 1. The van der Waals surface area contributed by atoms with Crippen LogP contribution in [0.15, 0.2) is 34.2 Å². The predicted molar refractivity (Wildman–Crippen MR) is 95.6 cm³/mol. The number of benzene rings is 1. The van der Waals surface area contributed by atoms with E-state index in [9.17, 15) is 9.59 Å². The molecule has 0 bridgehead atoms. The number of H-pyrrole nitrogens is 1. The van der Waals surface area contributed by atoms with E-state index in [4.69, 9.17) is 0 Å². The van der Waals surface area contributed by atoms with E-state index in [-0.39, 0.29) is 17.2 Å². The van der Waals surface area contributed by atoms with Crippen molar-refractivity contribution in [2.45, 2.75) is 24.9 Å². The number of aryl methyl sites for hydroxylation is 1. The lowest BCUT2D eigenvalue weighted by atomic mass is 10.2. The van der Waals surface area contributed by atoms with Gasteiger partial charge in [-0.3, -0.25) is 14.9 Å². The number of carbonyl (C=O) groups excluding carboxylic acids is 1. The molecule has 24 heavy (non-hydrogen) atoms. The highest BCUT2D eigenvalue weighted by atomic mass is 32.2. The Kier molecular flexibility index (Phi) is 5.21. The Balaban J connectivity index is 1.62. The molecule has 0 spiro atoms. The van der Waals surface area contributed by atoms with Crippen molar-refractivity contribution >= 4 is 45.0 Å². The molecule has 9 heteroatoms. The van der Waals surface area contributed by atoms with Crippen molar-refractivity contribution in [1.29, 1.82) is 0 Å². The molecule has 0 aliphatic rings. The van der Waals surface area contributed by atoms with Gasteiger partial charge in [-0.05, 0) is 18.6 Å². The molecule has 2 aromatic heterocycles. The van der Waals surface area contributed by atoms with Gasteiger partial charge in [0.1, 0.15) is 5.01 Å². The lowest BCUT2D eigenvalue weighted by molar-refractivity contribution is -0.113. The number of hydrogen-bond donors (Lipinski definition) is 2. The number of thioether (sulfide) groups is 1. The van der Waals surface area contributed by atoms with E-state index in [0.29, 0.717) is 21.2 Å². The first-order chi connectivity index (χ1) is 11.7. The van der Waals surface area contributed by atoms with Gasteiger partial charge >= 0.3 is 0 Å². The van der Waals surface area contributed by atoms with Gasteiger partial charge in [-0.15, -0.1) is 10.2 Å². The topological polar surface area (TPSA) is 101 Å². The lowest BCUT2D eigenvalue weighted by Gasteiger charge is -2.02. The summed E-state index contributed by atoms with van der Waals surface area (Å²) in [5.74, 6) is -0.0840. The summed E-state index contributed by atoms with van der Waals surface area (Å²) in [7, 11) is 0. The summed E-state index contributed by atoms with van der Waals surface area (Å²) in [6, 6.07) is 7.09. The van der Waals surface area contributed by atoms with Crippen molar-refractivity contribution in [2.75, 3.05) is 11.1 Å². The number of aromatic nitrogens is 4. The zero-order chi connectivity index (χ0) is 16.9. The normalized spacial score (nSPS) is 10.9. The van der Waals surface area contributed by atoms with Crippen molar-refractivity contribution in [1.82, 2.24) is 20.2 Å². The minimum Gasteiger partial charge on any atom is -0.301 e. The summed E-state index contributed by atoms with van der Waals surface area (Å²) in [5, 5.41) is 13.0. The maximum absolute atomic E-state index is 12.0. The van der Waals surface area contributed by atoms with Crippen LogP contribution in [0.3, 0.4) is 0 Å². The number of aromatic amines is 1. The second kappa shape index (κ2) is 7.54. The monoisotopic (exact) mass is 361 g/mol. The number of fused-ring (bicyclic) bond motifs is 1. The minimum atomic E-state index is -0.213. The van der Waals surface area contributed by atoms with E-state index in [1.54, 1.807) is 18.2 Å². The van der Waals surface area contributed by atoms with Gasteiger partial charge in [-0.2, -0.15) is 0 Å². The Hall–Kier alpha value is -2.26. The van der Waals surface area contributed by atoms with Gasteiger partial charge in [0.2, 0.25) is 11.0 Å². The molecule has 3 rings (SSSR count). The summed E-state index contributed by atoms with van der Waals surface area (Å²) in [5.41, 5.74) is 0.398. The SMILES string of the molecule is CCCc1nnc(NC(=O)CSc2nc3ccccc3c(=O)[nH]2)s1. The van der Waals surface area contributed by atoms with Crippen LogP contribution in [0.4, 0.5) is 5.13 Å². The molecule has 1 amide bonds. The number of rotatable bonds is 6. The Morgan fingerprint density at radius 2 is 2.17 bits per heavy atom. The number of nitrogens with zero attached hydrogens (tertiary/aromatic N) is 3. The summed E-state index contributed by atoms with van der Waals surface area (Å²) < 4.78 is 0. The number of carbonyl (C=O) groups is 1. The molecular formula is C15H15N5O2S2. The number of amides is 1. The maximum Gasteiger partial charge on any atom is 0.259 e. The van der Waals surface area contributed by atoms with E-state index >= 15 is 0 Å². The Morgan fingerprint density at radius 3 is 3.00 bits per heavy atom. The second-order valence-electron chi connectivity index (χ2n) is 4.98. The molecule has 1 aromatic carbocycles. The van der Waals surface area contributed by atoms with Gasteiger partial charge in [0.15, 0.2) is 5.16 Å². The van der Waals surface area contributed by atoms with Crippen LogP contribution < -0.4 is 10.9 Å². The molecule has 2 heterocycles. The number of nitrogens with one attached hydrogen (secondary N) is 2. The molecule has 0 unspecified atom stereocenters. The third-order valence-electron chi connectivity index (χ3n) is 3.11. The highest BCUT2D eigenvalue weighted by Gasteiger charge is 2.10. The predicted octanol–water partition coefficient (Wildman–Crippen LogP) is 2.46. The molecule has 0 saturated carbocycles. The van der Waals surface area contributed by atoms with E-state index < -0.39 is 0 Å². The van der Waals surface area contributed by atoms with Gasteiger partial charge in [0.25, 0.3) is 5.56 Å². The molecule has 0 aliphatic carbocycles. The van der Waals surface area contributed by atoms with Crippen molar-refractivity contribution in [3.05, 3.63) is 39.6 Å². The average molecular weight is 361 g/mol. The van der Waals surface area contributed by atoms with Crippen molar-refractivity contribution in [3.63, 3.8) is 0 Å². The molecule has 0 atom stereocenters. The van der Waals surface area contributed by atoms with E-state index in [1.165, 1.54) is 23.1 Å². The summed E-state index contributed by atoms with van der Waals surface area (Å²) >= 11 is 2.55. The largest absolute Gasteiger partial charge is 0.301 e. The van der Waals surface area contributed by atoms with Gasteiger partial charge in [-0.25, -0.2) is 4.98 Å². The van der Waals surface area contributed by atoms with Gasteiger partial charge in [-0.1, -0.05) is 42.2 Å². The molecule has 0 saturated heterocycles. The average Bonchev–Trinajstić information content (AvgIpc) is 3.00. The smallest absolute Gasteiger partial charge is 0.259 e. The van der Waals surface area contributed by atoms with Gasteiger partial charge in [0.05, 0.1) is 16.7 Å². The second-order valence-corrected chi connectivity index (χ2v) is 7.00. The van der Waals surface area contributed by atoms with Crippen LogP contribution in [0.25, 0.3) is 10.9 Å². The van der Waals surface area contributed by atoms with Crippen LogP contribution in [0.2, 0.25) is 0 Å². The Labute approximate surface area is 145 Å². The third kappa shape index (κ3) is 3.98. The molecular weight excluding hydrogens is 346 g/mol. The molecule has 2 N–H and O–H groups in total. The lowest BCUT2D eigenvalue weighted by Crippen LogP contribution is -2.15. The van der Waals surface area contributed by atoms with Crippen LogP contribution in [0.5, 0.6) is 0 Å². The third-order valence-corrected chi connectivity index (χ3v) is 4.88. The van der Waals surface area contributed by atoms with Crippen LogP contribution in [0.1, 0.15) is 18.4 Å². The van der Waals surface area contributed by atoms with E-state index in [1.807, 2.05) is 6.07 Å². The minimum absolute atomic E-state index is 0.129. The molecule has 0 aliphatic heterocycles. The fourth-order valence-corrected chi connectivity index (χ4v) is 3.57. The highest BCUT2D eigenvalue weighted by molar-refractivity contribution is 7.99. The van der Waals surface area contributed by atoms with E-state index in [2.05, 4.69) is 32.4 Å². The van der Waals surface area contributed by atoms with Crippen LogP contribution in [0, 0.1) is 0 Å². The Morgan fingerprint density at radius 1 is 1.33 bits per heavy atom. The van der Waals surface area contributed by atoms with Gasteiger partial charge in [0, 0.05) is 6.42 Å². The first-order valence-electron chi connectivity index (χ1n) is 7.40. The highest BCUT2D eigenvalue weighted by Crippen LogP contribution is 2.18. The van der Waals surface area contributed by atoms with Crippen LogP contribution in [-0.2, 0) is 11.2 Å².